The van der Waals surface area contributed by atoms with Crippen molar-refractivity contribution in [2.45, 2.75) is 51.4 Å². The van der Waals surface area contributed by atoms with Gasteiger partial charge in [0.25, 0.3) is 0 Å². The second-order valence-electron chi connectivity index (χ2n) is 6.39. The molecule has 1 aromatic carbocycles. The van der Waals surface area contributed by atoms with E-state index in [0.29, 0.717) is 17.4 Å². The normalized spacial score (nSPS) is 19.3. The summed E-state index contributed by atoms with van der Waals surface area (Å²) in [7, 11) is 0. The number of hydrogen-bond donors (Lipinski definition) is 0. The van der Waals surface area contributed by atoms with Crippen LogP contribution in [0.25, 0.3) is 5.57 Å². The van der Waals surface area contributed by atoms with E-state index in [1.807, 2.05) is 13.0 Å². The van der Waals surface area contributed by atoms with E-state index in [9.17, 15) is 4.39 Å². The first kappa shape index (κ1) is 13.7. The molecule has 0 spiro atoms. The Morgan fingerprint density at radius 3 is 2.55 bits per heavy atom. The molecule has 2 fully saturated rings. The Labute approximate surface area is 120 Å². The first-order valence-corrected chi connectivity index (χ1v) is 7.77. The molecule has 0 saturated heterocycles. The molecule has 2 aliphatic rings. The highest BCUT2D eigenvalue weighted by Gasteiger charge is 2.28. The lowest BCUT2D eigenvalue weighted by Crippen LogP contribution is -2.09. The zero-order valence-electron chi connectivity index (χ0n) is 12.3. The molecule has 108 valence electrons. The number of benzene rings is 1. The van der Waals surface area contributed by atoms with Crippen LogP contribution in [0.5, 0.6) is 5.75 Å². The van der Waals surface area contributed by atoms with Gasteiger partial charge < -0.3 is 4.74 Å². The monoisotopic (exact) mass is 274 g/mol. The van der Waals surface area contributed by atoms with Crippen molar-refractivity contribution < 1.29 is 9.13 Å². The van der Waals surface area contributed by atoms with Gasteiger partial charge in [0, 0.05) is 11.6 Å². The standard InChI is InChI=1S/C18H23FO/c1-12(2)15-9-16(14-7-8-14)18(10-17(15)19)20-11-13-5-3-4-6-13/h9-10,13-14H,1,3-8,11H2,2H3. The first-order valence-electron chi connectivity index (χ1n) is 7.77. The summed E-state index contributed by atoms with van der Waals surface area (Å²) in [6.45, 7) is 6.46. The van der Waals surface area contributed by atoms with Gasteiger partial charge in [-0.05, 0) is 61.6 Å². The van der Waals surface area contributed by atoms with Crippen molar-refractivity contribution in [1.82, 2.24) is 0 Å². The van der Waals surface area contributed by atoms with Gasteiger partial charge in [-0.3, -0.25) is 0 Å². The van der Waals surface area contributed by atoms with Crippen LogP contribution >= 0.6 is 0 Å². The molecular weight excluding hydrogens is 251 g/mol. The van der Waals surface area contributed by atoms with Crippen LogP contribution in [0.2, 0.25) is 0 Å². The van der Waals surface area contributed by atoms with Crippen LogP contribution in [0.3, 0.4) is 0 Å². The van der Waals surface area contributed by atoms with Gasteiger partial charge in [0.1, 0.15) is 11.6 Å². The summed E-state index contributed by atoms with van der Waals surface area (Å²) in [5, 5.41) is 0. The van der Waals surface area contributed by atoms with E-state index < -0.39 is 0 Å². The summed E-state index contributed by atoms with van der Waals surface area (Å²) in [6.07, 6.45) is 7.53. The van der Waals surface area contributed by atoms with E-state index in [0.717, 1.165) is 17.9 Å². The Hall–Kier alpha value is -1.31. The summed E-state index contributed by atoms with van der Waals surface area (Å²) in [5.41, 5.74) is 2.61. The molecule has 3 rings (SSSR count). The molecule has 2 heteroatoms. The van der Waals surface area contributed by atoms with E-state index in [2.05, 4.69) is 6.58 Å². The molecule has 2 aliphatic carbocycles. The number of hydrogen-bond acceptors (Lipinski definition) is 1. The number of allylic oxidation sites excluding steroid dienone is 1. The number of rotatable bonds is 5. The predicted molar refractivity (Wildman–Crippen MR) is 80.5 cm³/mol. The van der Waals surface area contributed by atoms with Gasteiger partial charge in [-0.1, -0.05) is 19.4 Å². The lowest BCUT2D eigenvalue weighted by atomic mass is 10.0. The van der Waals surface area contributed by atoms with Gasteiger partial charge >= 0.3 is 0 Å². The summed E-state index contributed by atoms with van der Waals surface area (Å²) in [5.74, 6) is 1.78. The van der Waals surface area contributed by atoms with Crippen molar-refractivity contribution >= 4 is 5.57 Å². The Balaban J connectivity index is 1.80. The van der Waals surface area contributed by atoms with Crippen LogP contribution in [0.15, 0.2) is 18.7 Å². The molecule has 20 heavy (non-hydrogen) atoms. The lowest BCUT2D eigenvalue weighted by molar-refractivity contribution is 0.249. The maximum absolute atomic E-state index is 14.1. The van der Waals surface area contributed by atoms with E-state index >= 15 is 0 Å². The van der Waals surface area contributed by atoms with Crippen molar-refractivity contribution in [2.75, 3.05) is 6.61 Å². The molecule has 0 heterocycles. The van der Waals surface area contributed by atoms with Gasteiger partial charge in [-0.2, -0.15) is 0 Å². The first-order chi connectivity index (χ1) is 9.65. The van der Waals surface area contributed by atoms with Gasteiger partial charge in [-0.25, -0.2) is 4.39 Å². The van der Waals surface area contributed by atoms with Crippen molar-refractivity contribution in [3.05, 3.63) is 35.7 Å². The minimum Gasteiger partial charge on any atom is -0.493 e. The van der Waals surface area contributed by atoms with E-state index in [-0.39, 0.29) is 5.82 Å². The van der Waals surface area contributed by atoms with Crippen molar-refractivity contribution in [1.29, 1.82) is 0 Å². The summed E-state index contributed by atoms with van der Waals surface area (Å²) in [4.78, 5) is 0. The maximum atomic E-state index is 14.1. The third-order valence-electron chi connectivity index (χ3n) is 4.53. The molecule has 0 unspecified atom stereocenters. The molecule has 0 aliphatic heterocycles. The maximum Gasteiger partial charge on any atom is 0.134 e. The third-order valence-corrected chi connectivity index (χ3v) is 4.53. The summed E-state index contributed by atoms with van der Waals surface area (Å²) in [6, 6.07) is 3.53. The molecule has 0 atom stereocenters. The number of halogens is 1. The molecule has 1 nitrogen and oxygen atoms in total. The van der Waals surface area contributed by atoms with Gasteiger partial charge in [0.05, 0.1) is 6.61 Å². The van der Waals surface area contributed by atoms with E-state index in [4.69, 9.17) is 4.74 Å². The highest BCUT2D eigenvalue weighted by Crippen LogP contribution is 2.46. The zero-order valence-corrected chi connectivity index (χ0v) is 12.3. The Morgan fingerprint density at radius 1 is 1.25 bits per heavy atom. The second-order valence-corrected chi connectivity index (χ2v) is 6.39. The lowest BCUT2D eigenvalue weighted by Gasteiger charge is -2.16. The highest BCUT2D eigenvalue weighted by molar-refractivity contribution is 5.64. The minimum atomic E-state index is -0.205. The third kappa shape index (κ3) is 2.89. The molecule has 1 aromatic rings. The largest absolute Gasteiger partial charge is 0.493 e. The van der Waals surface area contributed by atoms with Crippen LogP contribution in [-0.4, -0.2) is 6.61 Å². The Morgan fingerprint density at radius 2 is 1.95 bits per heavy atom. The smallest absolute Gasteiger partial charge is 0.134 e. The van der Waals surface area contributed by atoms with Gasteiger partial charge in [-0.15, -0.1) is 0 Å². The topological polar surface area (TPSA) is 9.23 Å². The van der Waals surface area contributed by atoms with Crippen molar-refractivity contribution in [3.63, 3.8) is 0 Å². The molecule has 0 amide bonds. The number of ether oxygens (including phenoxy) is 1. The molecule has 0 bridgehead atoms. The highest BCUT2D eigenvalue weighted by atomic mass is 19.1. The fourth-order valence-corrected chi connectivity index (χ4v) is 3.12. The van der Waals surface area contributed by atoms with Gasteiger partial charge in [0.15, 0.2) is 0 Å². The summed E-state index contributed by atoms with van der Waals surface area (Å²) < 4.78 is 20.1. The van der Waals surface area contributed by atoms with E-state index in [1.165, 1.54) is 44.1 Å². The van der Waals surface area contributed by atoms with E-state index in [1.54, 1.807) is 6.07 Å². The van der Waals surface area contributed by atoms with Crippen molar-refractivity contribution in [3.8, 4) is 5.75 Å². The van der Waals surface area contributed by atoms with Crippen LogP contribution in [0.4, 0.5) is 4.39 Å². The molecule has 2 saturated carbocycles. The van der Waals surface area contributed by atoms with Crippen LogP contribution in [0, 0.1) is 11.7 Å². The fraction of sp³-hybridized carbons (Fsp3) is 0.556. The average molecular weight is 274 g/mol. The quantitative estimate of drug-likeness (QED) is 0.707. The minimum absolute atomic E-state index is 0.205. The Kier molecular flexibility index (Phi) is 3.82. The molecule has 0 aromatic heterocycles. The Bertz CT molecular complexity index is 510. The van der Waals surface area contributed by atoms with Gasteiger partial charge in [0.2, 0.25) is 0 Å². The molecule has 0 radical (unpaired) electrons. The van der Waals surface area contributed by atoms with Crippen LogP contribution in [-0.2, 0) is 0 Å². The summed E-state index contributed by atoms with van der Waals surface area (Å²) >= 11 is 0. The predicted octanol–water partition coefficient (Wildman–Crippen LogP) is 5.31. The molecule has 0 N–H and O–H groups in total. The van der Waals surface area contributed by atoms with Crippen LogP contribution < -0.4 is 4.74 Å². The van der Waals surface area contributed by atoms with Crippen molar-refractivity contribution in [2.24, 2.45) is 5.92 Å². The second kappa shape index (κ2) is 5.59. The SMILES string of the molecule is C=C(C)c1cc(C2CC2)c(OCC2CCCC2)cc1F. The average Bonchev–Trinajstić information content (AvgIpc) is 3.12. The molecular formula is C18H23FO. The zero-order chi connectivity index (χ0) is 14.1. The van der Waals surface area contributed by atoms with Crippen LogP contribution in [0.1, 0.15) is 62.5 Å². The fourth-order valence-electron chi connectivity index (χ4n) is 3.12.